The fourth-order valence-corrected chi connectivity index (χ4v) is 4.43. The lowest BCUT2D eigenvalue weighted by Crippen LogP contribution is -2.32. The van der Waals surface area contributed by atoms with Crippen LogP contribution >= 0.6 is 15.9 Å². The van der Waals surface area contributed by atoms with Crippen molar-refractivity contribution in [2.24, 2.45) is 0 Å². The zero-order valence-electron chi connectivity index (χ0n) is 14.8. The first-order valence-corrected chi connectivity index (χ1v) is 10.9. The van der Waals surface area contributed by atoms with Gasteiger partial charge in [0.25, 0.3) is 5.91 Å². The SMILES string of the molecule is COCCS(=O)(=O)c1ccc(C(=O)NC2CCOc3ccc(Br)cc32)cc1. The largest absolute Gasteiger partial charge is 0.493 e. The Balaban J connectivity index is 1.74. The van der Waals surface area contributed by atoms with Crippen molar-refractivity contribution in [2.75, 3.05) is 26.1 Å². The van der Waals surface area contributed by atoms with Gasteiger partial charge in [0, 0.05) is 29.1 Å². The molecule has 0 saturated heterocycles. The third kappa shape index (κ3) is 4.69. The van der Waals surface area contributed by atoms with Gasteiger partial charge in [-0.15, -0.1) is 0 Å². The Labute approximate surface area is 166 Å². The lowest BCUT2D eigenvalue weighted by Gasteiger charge is -2.27. The lowest BCUT2D eigenvalue weighted by molar-refractivity contribution is 0.0924. The number of benzene rings is 2. The number of methoxy groups -OCH3 is 1. The number of nitrogens with one attached hydrogen (secondary N) is 1. The molecule has 0 fully saturated rings. The number of sulfone groups is 1. The van der Waals surface area contributed by atoms with Crippen LogP contribution in [-0.4, -0.2) is 40.4 Å². The van der Waals surface area contributed by atoms with Crippen LogP contribution in [0.5, 0.6) is 5.75 Å². The van der Waals surface area contributed by atoms with Gasteiger partial charge in [0.1, 0.15) is 5.75 Å². The van der Waals surface area contributed by atoms with Gasteiger partial charge < -0.3 is 14.8 Å². The molecule has 1 heterocycles. The molecule has 0 spiro atoms. The van der Waals surface area contributed by atoms with Gasteiger partial charge in [-0.05, 0) is 42.5 Å². The highest BCUT2D eigenvalue weighted by Gasteiger charge is 2.24. The number of halogens is 1. The monoisotopic (exact) mass is 453 g/mol. The van der Waals surface area contributed by atoms with Crippen LogP contribution in [0.2, 0.25) is 0 Å². The molecule has 1 N–H and O–H groups in total. The van der Waals surface area contributed by atoms with Crippen LogP contribution in [0.4, 0.5) is 0 Å². The molecule has 0 aliphatic carbocycles. The molecule has 27 heavy (non-hydrogen) atoms. The Morgan fingerprint density at radius 2 is 2.00 bits per heavy atom. The Bertz CT molecular complexity index is 928. The minimum atomic E-state index is -3.42. The minimum absolute atomic E-state index is 0.0945. The summed E-state index contributed by atoms with van der Waals surface area (Å²) < 4.78 is 35.7. The van der Waals surface area contributed by atoms with Gasteiger partial charge in [0.15, 0.2) is 9.84 Å². The summed E-state index contributed by atoms with van der Waals surface area (Å²) in [5.74, 6) is 0.408. The van der Waals surface area contributed by atoms with Crippen molar-refractivity contribution < 1.29 is 22.7 Å². The molecule has 1 aliphatic rings. The Hall–Kier alpha value is -1.90. The Kier molecular flexibility index (Phi) is 6.18. The molecule has 2 aromatic carbocycles. The molecule has 0 aromatic heterocycles. The summed E-state index contributed by atoms with van der Waals surface area (Å²) in [6, 6.07) is 11.5. The van der Waals surface area contributed by atoms with Crippen LogP contribution in [0.25, 0.3) is 0 Å². The molecule has 0 bridgehead atoms. The average Bonchev–Trinajstić information content (AvgIpc) is 2.67. The van der Waals surface area contributed by atoms with E-state index in [0.29, 0.717) is 18.6 Å². The molecule has 1 unspecified atom stereocenters. The first kappa shape index (κ1) is 19.9. The van der Waals surface area contributed by atoms with E-state index in [1.165, 1.54) is 31.4 Å². The molecule has 0 saturated carbocycles. The van der Waals surface area contributed by atoms with Crippen molar-refractivity contribution >= 4 is 31.7 Å². The van der Waals surface area contributed by atoms with Crippen molar-refractivity contribution in [3.05, 3.63) is 58.1 Å². The number of fused-ring (bicyclic) bond motifs is 1. The first-order chi connectivity index (χ1) is 12.9. The average molecular weight is 454 g/mol. The van der Waals surface area contributed by atoms with Crippen molar-refractivity contribution in [2.45, 2.75) is 17.4 Å². The molecular weight excluding hydrogens is 434 g/mol. The Morgan fingerprint density at radius 1 is 1.26 bits per heavy atom. The van der Waals surface area contributed by atoms with E-state index in [2.05, 4.69) is 21.2 Å². The number of ether oxygens (including phenoxy) is 2. The van der Waals surface area contributed by atoms with Crippen LogP contribution in [0.1, 0.15) is 28.4 Å². The molecule has 6 nitrogen and oxygen atoms in total. The standard InChI is InChI=1S/C19H20BrNO5S/c1-25-10-11-27(23,24)15-5-2-13(3-6-15)19(22)21-17-8-9-26-18-7-4-14(20)12-16(17)18/h2-7,12,17H,8-11H2,1H3,(H,21,22). The molecule has 0 radical (unpaired) electrons. The topological polar surface area (TPSA) is 81.7 Å². The van der Waals surface area contributed by atoms with E-state index in [-0.39, 0.29) is 29.2 Å². The number of hydrogen-bond donors (Lipinski definition) is 1. The van der Waals surface area contributed by atoms with E-state index < -0.39 is 9.84 Å². The summed E-state index contributed by atoms with van der Waals surface area (Å²) in [7, 11) is -1.96. The molecular formula is C19H20BrNO5S. The number of hydrogen-bond acceptors (Lipinski definition) is 5. The van der Waals surface area contributed by atoms with Crippen LogP contribution < -0.4 is 10.1 Å². The van der Waals surface area contributed by atoms with Crippen molar-refractivity contribution in [1.82, 2.24) is 5.32 Å². The molecule has 1 atom stereocenters. The smallest absolute Gasteiger partial charge is 0.251 e. The second-order valence-electron chi connectivity index (χ2n) is 6.18. The zero-order chi connectivity index (χ0) is 19.4. The highest BCUT2D eigenvalue weighted by atomic mass is 79.9. The maximum absolute atomic E-state index is 12.6. The van der Waals surface area contributed by atoms with Gasteiger partial charge in [-0.3, -0.25) is 4.79 Å². The highest BCUT2D eigenvalue weighted by molar-refractivity contribution is 9.10. The fraction of sp³-hybridized carbons (Fsp3) is 0.316. The predicted octanol–water partition coefficient (Wildman–Crippen LogP) is 3.12. The zero-order valence-corrected chi connectivity index (χ0v) is 17.2. The number of amides is 1. The van der Waals surface area contributed by atoms with Gasteiger partial charge >= 0.3 is 0 Å². The highest BCUT2D eigenvalue weighted by Crippen LogP contribution is 2.34. The quantitative estimate of drug-likeness (QED) is 0.726. The normalized spacial score (nSPS) is 16.3. The predicted molar refractivity (Wildman–Crippen MR) is 105 cm³/mol. The molecule has 3 rings (SSSR count). The number of rotatable bonds is 6. The molecule has 1 amide bonds. The van der Waals surface area contributed by atoms with E-state index >= 15 is 0 Å². The number of carbonyl (C=O) groups is 1. The second-order valence-corrected chi connectivity index (χ2v) is 9.21. The van der Waals surface area contributed by atoms with Crippen LogP contribution in [-0.2, 0) is 14.6 Å². The van der Waals surface area contributed by atoms with Crippen LogP contribution in [0.3, 0.4) is 0 Å². The van der Waals surface area contributed by atoms with Gasteiger partial charge in [0.05, 0.1) is 29.9 Å². The van der Waals surface area contributed by atoms with E-state index in [9.17, 15) is 13.2 Å². The third-order valence-electron chi connectivity index (χ3n) is 4.35. The lowest BCUT2D eigenvalue weighted by atomic mass is 10.00. The van der Waals surface area contributed by atoms with E-state index in [4.69, 9.17) is 9.47 Å². The first-order valence-electron chi connectivity index (χ1n) is 8.45. The minimum Gasteiger partial charge on any atom is -0.493 e. The molecule has 1 aliphatic heterocycles. The van der Waals surface area contributed by atoms with Crippen LogP contribution in [0, 0.1) is 0 Å². The maximum atomic E-state index is 12.6. The summed E-state index contributed by atoms with van der Waals surface area (Å²) in [6.45, 7) is 0.652. The van der Waals surface area contributed by atoms with Gasteiger partial charge in [-0.25, -0.2) is 8.42 Å². The summed E-state index contributed by atoms with van der Waals surface area (Å²) in [6.07, 6.45) is 0.665. The van der Waals surface area contributed by atoms with Crippen molar-refractivity contribution in [3.63, 3.8) is 0 Å². The molecule has 2 aromatic rings. The second kappa shape index (κ2) is 8.41. The Morgan fingerprint density at radius 3 is 2.70 bits per heavy atom. The fourth-order valence-electron chi connectivity index (χ4n) is 2.88. The van der Waals surface area contributed by atoms with Crippen molar-refractivity contribution in [1.29, 1.82) is 0 Å². The van der Waals surface area contributed by atoms with Gasteiger partial charge in [0.2, 0.25) is 0 Å². The summed E-state index contributed by atoms with van der Waals surface area (Å²) in [5.41, 5.74) is 1.33. The summed E-state index contributed by atoms with van der Waals surface area (Å²) in [5, 5.41) is 3.00. The van der Waals surface area contributed by atoms with E-state index in [1.807, 2.05) is 18.2 Å². The molecule has 144 valence electrons. The van der Waals surface area contributed by atoms with Gasteiger partial charge in [-0.2, -0.15) is 0 Å². The van der Waals surface area contributed by atoms with Gasteiger partial charge in [-0.1, -0.05) is 15.9 Å². The van der Waals surface area contributed by atoms with Crippen LogP contribution in [0.15, 0.2) is 51.8 Å². The maximum Gasteiger partial charge on any atom is 0.251 e. The molecule has 8 heteroatoms. The van der Waals surface area contributed by atoms with E-state index in [1.54, 1.807) is 0 Å². The van der Waals surface area contributed by atoms with E-state index in [0.717, 1.165) is 15.8 Å². The number of carbonyl (C=O) groups excluding carboxylic acids is 1. The summed E-state index contributed by atoms with van der Waals surface area (Å²) in [4.78, 5) is 12.8. The van der Waals surface area contributed by atoms with Crippen molar-refractivity contribution in [3.8, 4) is 5.75 Å². The third-order valence-corrected chi connectivity index (χ3v) is 6.54. The summed E-state index contributed by atoms with van der Waals surface area (Å²) >= 11 is 3.44.